The zero-order valence-electron chi connectivity index (χ0n) is 23.8. The number of benzene rings is 3. The summed E-state index contributed by atoms with van der Waals surface area (Å²) in [7, 11) is 0. The number of aliphatic carboxylic acids is 1. The van der Waals surface area contributed by atoms with Gasteiger partial charge in [-0.25, -0.2) is 14.3 Å². The number of carboxylic acids is 1. The molecule has 1 N–H and O–H groups in total. The second-order valence-electron chi connectivity index (χ2n) is 10.1. The van der Waals surface area contributed by atoms with E-state index in [1.807, 2.05) is 43.3 Å². The van der Waals surface area contributed by atoms with Gasteiger partial charge < -0.3 is 9.84 Å². The zero-order chi connectivity index (χ0) is 31.3. The summed E-state index contributed by atoms with van der Waals surface area (Å²) in [4.78, 5) is 29.0. The first kappa shape index (κ1) is 30.3. The molecule has 0 saturated heterocycles. The molecule has 0 fully saturated rings. The van der Waals surface area contributed by atoms with E-state index in [0.29, 0.717) is 48.8 Å². The maximum atomic E-state index is 13.4. The van der Waals surface area contributed by atoms with Crippen LogP contribution in [-0.4, -0.2) is 37.0 Å². The highest BCUT2D eigenvalue weighted by molar-refractivity contribution is 5.74. The Labute approximate surface area is 251 Å². The lowest BCUT2D eigenvalue weighted by Crippen LogP contribution is -2.24. The minimum atomic E-state index is -4.49. The van der Waals surface area contributed by atoms with Crippen molar-refractivity contribution in [1.29, 1.82) is 0 Å². The molecular weight excluding hydrogens is 573 g/mol. The number of halogens is 3. The maximum Gasteiger partial charge on any atom is 0.416 e. The molecular formula is C33H29F3N4O4. The van der Waals surface area contributed by atoms with Crippen LogP contribution < -0.4 is 10.4 Å². The molecule has 2 heterocycles. The molecule has 0 bridgehead atoms. The van der Waals surface area contributed by atoms with E-state index in [1.54, 1.807) is 30.5 Å². The van der Waals surface area contributed by atoms with E-state index >= 15 is 0 Å². The number of pyridine rings is 1. The van der Waals surface area contributed by atoms with E-state index < -0.39 is 23.4 Å². The largest absolute Gasteiger partial charge is 0.494 e. The smallest absolute Gasteiger partial charge is 0.416 e. The average molecular weight is 603 g/mol. The Morgan fingerprint density at radius 3 is 2.30 bits per heavy atom. The summed E-state index contributed by atoms with van der Waals surface area (Å²) in [6.07, 6.45) is -1.34. The fourth-order valence-electron chi connectivity index (χ4n) is 4.92. The third-order valence-electron chi connectivity index (χ3n) is 7.02. The second kappa shape index (κ2) is 13.0. The van der Waals surface area contributed by atoms with Crippen molar-refractivity contribution in [2.45, 2.75) is 38.8 Å². The highest BCUT2D eigenvalue weighted by Gasteiger charge is 2.30. The van der Waals surface area contributed by atoms with Crippen molar-refractivity contribution < 1.29 is 27.8 Å². The van der Waals surface area contributed by atoms with Crippen LogP contribution in [0.4, 0.5) is 13.2 Å². The number of rotatable bonds is 11. The Kier molecular flexibility index (Phi) is 8.94. The summed E-state index contributed by atoms with van der Waals surface area (Å²) in [5.74, 6) is 0.425. The molecule has 0 saturated carbocycles. The molecule has 0 atom stereocenters. The number of aromatic nitrogens is 4. The molecule has 2 aromatic heterocycles. The van der Waals surface area contributed by atoms with Crippen molar-refractivity contribution in [3.05, 3.63) is 124 Å². The summed E-state index contributed by atoms with van der Waals surface area (Å²) < 4.78 is 47.2. The number of carboxylic acid groups (broad SMARTS) is 1. The molecule has 0 aliphatic rings. The number of ether oxygens (including phenoxy) is 1. The third-order valence-corrected chi connectivity index (χ3v) is 7.02. The molecule has 0 spiro atoms. The lowest BCUT2D eigenvalue weighted by atomic mass is 9.98. The molecule has 0 aliphatic heterocycles. The molecule has 11 heteroatoms. The summed E-state index contributed by atoms with van der Waals surface area (Å²) in [5.41, 5.74) is 2.35. The standard InChI is InChI=1S/C33H29F3N4O4/c1-2-44-28-18-13-24(20-25(28)21-31(41)42)23-11-9-22(10-12-23)6-5-8-30-38-40(27-16-14-26(15-17-27)33(34,35)36)32(43)39(30)29-7-3-4-19-37-29/h3-4,7,9-20H,2,5-6,8,21H2,1H3,(H,41,42). The number of carbonyl (C=O) groups is 1. The lowest BCUT2D eigenvalue weighted by molar-refractivity contribution is -0.138. The van der Waals surface area contributed by atoms with Gasteiger partial charge in [-0.15, -0.1) is 5.10 Å². The van der Waals surface area contributed by atoms with E-state index in [-0.39, 0.29) is 12.1 Å². The van der Waals surface area contributed by atoms with Gasteiger partial charge in [0.15, 0.2) is 0 Å². The maximum absolute atomic E-state index is 13.4. The van der Waals surface area contributed by atoms with Gasteiger partial charge >= 0.3 is 17.8 Å². The number of aryl methyl sites for hydroxylation is 2. The molecule has 8 nitrogen and oxygen atoms in total. The average Bonchev–Trinajstić information content (AvgIpc) is 3.34. The minimum absolute atomic E-state index is 0.139. The van der Waals surface area contributed by atoms with Crippen LogP contribution in [0.25, 0.3) is 22.6 Å². The van der Waals surface area contributed by atoms with Gasteiger partial charge in [0.1, 0.15) is 17.4 Å². The highest BCUT2D eigenvalue weighted by atomic mass is 19.4. The van der Waals surface area contributed by atoms with Gasteiger partial charge in [-0.05, 0) is 85.0 Å². The van der Waals surface area contributed by atoms with Crippen molar-refractivity contribution >= 4 is 5.97 Å². The Morgan fingerprint density at radius 1 is 0.932 bits per heavy atom. The SMILES string of the molecule is CCOc1ccc(-c2ccc(CCCc3nn(-c4ccc(C(F)(F)F)cc4)c(=O)n3-c3ccccn3)cc2)cc1CC(=O)O. The fourth-order valence-corrected chi connectivity index (χ4v) is 4.92. The second-order valence-corrected chi connectivity index (χ2v) is 10.1. The molecule has 0 radical (unpaired) electrons. The van der Waals surface area contributed by atoms with Gasteiger partial charge in [-0.1, -0.05) is 36.4 Å². The van der Waals surface area contributed by atoms with Crippen LogP contribution in [-0.2, 0) is 30.2 Å². The van der Waals surface area contributed by atoms with Gasteiger partial charge in [0.25, 0.3) is 0 Å². The highest BCUT2D eigenvalue weighted by Crippen LogP contribution is 2.30. The fraction of sp³-hybridized carbons (Fsp3) is 0.212. The summed E-state index contributed by atoms with van der Waals surface area (Å²) in [6.45, 7) is 2.29. The molecule has 226 valence electrons. The van der Waals surface area contributed by atoms with Crippen molar-refractivity contribution in [3.8, 4) is 28.4 Å². The van der Waals surface area contributed by atoms with Crippen molar-refractivity contribution in [2.75, 3.05) is 6.61 Å². The number of nitrogens with zero attached hydrogens (tertiary/aromatic N) is 4. The predicted octanol–water partition coefficient (Wildman–Crippen LogP) is 6.31. The molecule has 44 heavy (non-hydrogen) atoms. The normalized spacial score (nSPS) is 11.5. The first-order valence-corrected chi connectivity index (χ1v) is 14.0. The topological polar surface area (TPSA) is 99.2 Å². The van der Waals surface area contributed by atoms with Crippen LogP contribution >= 0.6 is 0 Å². The zero-order valence-corrected chi connectivity index (χ0v) is 23.8. The van der Waals surface area contributed by atoms with Gasteiger partial charge in [0, 0.05) is 18.2 Å². The molecule has 3 aromatic carbocycles. The van der Waals surface area contributed by atoms with E-state index in [9.17, 15) is 27.9 Å². The van der Waals surface area contributed by atoms with Crippen LogP contribution in [0.15, 0.2) is 95.9 Å². The molecule has 0 aliphatic carbocycles. The van der Waals surface area contributed by atoms with Gasteiger partial charge in [-0.3, -0.25) is 4.79 Å². The summed E-state index contributed by atoms with van der Waals surface area (Å²) in [6, 6.07) is 22.9. The van der Waals surface area contributed by atoms with Crippen LogP contribution in [0.5, 0.6) is 5.75 Å². The Balaban J connectivity index is 1.34. The van der Waals surface area contributed by atoms with Crippen LogP contribution in [0, 0.1) is 0 Å². The molecule has 5 rings (SSSR count). The Morgan fingerprint density at radius 2 is 1.66 bits per heavy atom. The van der Waals surface area contributed by atoms with Crippen LogP contribution in [0.2, 0.25) is 0 Å². The minimum Gasteiger partial charge on any atom is -0.494 e. The van der Waals surface area contributed by atoms with E-state index in [4.69, 9.17) is 4.74 Å². The molecule has 0 amide bonds. The Bertz CT molecular complexity index is 1800. The van der Waals surface area contributed by atoms with Gasteiger partial charge in [0.2, 0.25) is 0 Å². The lowest BCUT2D eigenvalue weighted by Gasteiger charge is -2.11. The predicted molar refractivity (Wildman–Crippen MR) is 158 cm³/mol. The number of hydrogen-bond donors (Lipinski definition) is 1. The Hall–Kier alpha value is -5.19. The van der Waals surface area contributed by atoms with E-state index in [0.717, 1.165) is 33.5 Å². The summed E-state index contributed by atoms with van der Waals surface area (Å²) >= 11 is 0. The van der Waals surface area contributed by atoms with Crippen LogP contribution in [0.3, 0.4) is 0 Å². The van der Waals surface area contributed by atoms with Crippen molar-refractivity contribution in [3.63, 3.8) is 0 Å². The summed E-state index contributed by atoms with van der Waals surface area (Å²) in [5, 5.41) is 13.8. The number of hydrogen-bond acceptors (Lipinski definition) is 5. The van der Waals surface area contributed by atoms with E-state index in [1.165, 1.54) is 16.7 Å². The number of alkyl halides is 3. The van der Waals surface area contributed by atoms with E-state index in [2.05, 4.69) is 10.1 Å². The van der Waals surface area contributed by atoms with Crippen molar-refractivity contribution in [2.24, 2.45) is 0 Å². The van der Waals surface area contributed by atoms with Gasteiger partial charge in [-0.2, -0.15) is 17.9 Å². The monoisotopic (exact) mass is 602 g/mol. The first-order valence-electron chi connectivity index (χ1n) is 14.0. The molecule has 5 aromatic rings. The van der Waals surface area contributed by atoms with Crippen molar-refractivity contribution in [1.82, 2.24) is 19.3 Å². The van der Waals surface area contributed by atoms with Gasteiger partial charge in [0.05, 0.1) is 24.3 Å². The quantitative estimate of drug-likeness (QED) is 0.190. The third kappa shape index (κ3) is 6.88. The molecule has 0 unspecified atom stereocenters. The first-order chi connectivity index (χ1) is 21.1. The van der Waals surface area contributed by atoms with Crippen LogP contribution in [0.1, 0.15) is 35.9 Å².